The average molecular weight is 341 g/mol. The number of carbonyl (C=O) groups is 2. The minimum absolute atomic E-state index is 0.101. The van der Waals surface area contributed by atoms with Gasteiger partial charge in [-0.25, -0.2) is 0 Å². The van der Waals surface area contributed by atoms with E-state index >= 15 is 0 Å². The fourth-order valence-corrected chi connectivity index (χ4v) is 2.42. The van der Waals surface area contributed by atoms with Crippen molar-refractivity contribution < 1.29 is 19.1 Å². The van der Waals surface area contributed by atoms with Crippen LogP contribution in [-0.2, 0) is 9.59 Å². The molecule has 7 heteroatoms. The summed E-state index contributed by atoms with van der Waals surface area (Å²) < 4.78 is 11.0. The van der Waals surface area contributed by atoms with Crippen LogP contribution in [0.1, 0.15) is 6.92 Å². The molecule has 25 heavy (non-hydrogen) atoms. The van der Waals surface area contributed by atoms with E-state index < -0.39 is 0 Å². The minimum Gasteiger partial charge on any atom is -0.486 e. The van der Waals surface area contributed by atoms with Crippen LogP contribution < -0.4 is 25.4 Å². The van der Waals surface area contributed by atoms with E-state index in [-0.39, 0.29) is 18.4 Å². The molecule has 0 saturated carbocycles. The predicted octanol–water partition coefficient (Wildman–Crippen LogP) is 2.47. The summed E-state index contributed by atoms with van der Waals surface area (Å²) in [4.78, 5) is 23.2. The highest BCUT2D eigenvalue weighted by molar-refractivity contribution is 5.95. The summed E-state index contributed by atoms with van der Waals surface area (Å²) in [5, 5.41) is 8.50. The summed E-state index contributed by atoms with van der Waals surface area (Å²) >= 11 is 0. The first kappa shape index (κ1) is 16.6. The highest BCUT2D eigenvalue weighted by Crippen LogP contribution is 2.32. The molecule has 0 aromatic heterocycles. The van der Waals surface area contributed by atoms with Crippen molar-refractivity contribution >= 4 is 28.9 Å². The molecule has 2 aromatic carbocycles. The Kier molecular flexibility index (Phi) is 5.03. The second kappa shape index (κ2) is 7.57. The monoisotopic (exact) mass is 341 g/mol. The first-order chi connectivity index (χ1) is 12.1. The van der Waals surface area contributed by atoms with Gasteiger partial charge in [0.1, 0.15) is 13.2 Å². The van der Waals surface area contributed by atoms with Crippen molar-refractivity contribution in [2.45, 2.75) is 6.92 Å². The Morgan fingerprint density at radius 2 is 1.64 bits per heavy atom. The van der Waals surface area contributed by atoms with Crippen molar-refractivity contribution in [1.82, 2.24) is 0 Å². The summed E-state index contributed by atoms with van der Waals surface area (Å²) in [6, 6.07) is 12.4. The number of hydrogen-bond donors (Lipinski definition) is 3. The average Bonchev–Trinajstić information content (AvgIpc) is 2.59. The molecule has 3 N–H and O–H groups in total. The zero-order chi connectivity index (χ0) is 17.6. The van der Waals surface area contributed by atoms with Gasteiger partial charge in [0.05, 0.1) is 6.54 Å². The molecule has 3 rings (SSSR count). The van der Waals surface area contributed by atoms with Crippen LogP contribution in [0, 0.1) is 0 Å². The molecule has 1 aliphatic heterocycles. The Morgan fingerprint density at radius 1 is 0.920 bits per heavy atom. The van der Waals surface area contributed by atoms with E-state index in [1.165, 1.54) is 6.92 Å². The summed E-state index contributed by atoms with van der Waals surface area (Å²) in [6.07, 6.45) is 0. The number of nitrogens with one attached hydrogen (secondary N) is 3. The molecular formula is C18H19N3O4. The number of ether oxygens (including phenoxy) is 2. The van der Waals surface area contributed by atoms with Gasteiger partial charge in [0, 0.05) is 30.1 Å². The van der Waals surface area contributed by atoms with Crippen LogP contribution >= 0.6 is 0 Å². The predicted molar refractivity (Wildman–Crippen MR) is 95.3 cm³/mol. The van der Waals surface area contributed by atoms with Crippen molar-refractivity contribution in [2.75, 3.05) is 35.7 Å². The summed E-state index contributed by atoms with van der Waals surface area (Å²) in [5.74, 6) is 1.01. The van der Waals surface area contributed by atoms with Crippen molar-refractivity contribution in [2.24, 2.45) is 0 Å². The van der Waals surface area contributed by atoms with Crippen LogP contribution in [0.2, 0.25) is 0 Å². The molecule has 0 radical (unpaired) electrons. The van der Waals surface area contributed by atoms with Crippen LogP contribution in [0.4, 0.5) is 17.1 Å². The third-order valence-corrected chi connectivity index (χ3v) is 3.46. The van der Waals surface area contributed by atoms with Gasteiger partial charge in [-0.2, -0.15) is 0 Å². The maximum atomic E-state index is 12.1. The van der Waals surface area contributed by atoms with Crippen LogP contribution in [0.3, 0.4) is 0 Å². The molecule has 0 spiro atoms. The van der Waals surface area contributed by atoms with E-state index in [2.05, 4.69) is 16.0 Å². The van der Waals surface area contributed by atoms with E-state index in [4.69, 9.17) is 9.47 Å². The number of fused-ring (bicyclic) bond motifs is 1. The van der Waals surface area contributed by atoms with Gasteiger partial charge >= 0.3 is 0 Å². The molecular weight excluding hydrogens is 322 g/mol. The van der Waals surface area contributed by atoms with Gasteiger partial charge < -0.3 is 25.4 Å². The first-order valence-electron chi connectivity index (χ1n) is 7.91. The molecule has 2 amide bonds. The lowest BCUT2D eigenvalue weighted by molar-refractivity contribution is -0.115. The number of hydrogen-bond acceptors (Lipinski definition) is 5. The van der Waals surface area contributed by atoms with Gasteiger partial charge in [0.25, 0.3) is 0 Å². The largest absolute Gasteiger partial charge is 0.486 e. The molecule has 0 aliphatic carbocycles. The topological polar surface area (TPSA) is 88.7 Å². The van der Waals surface area contributed by atoms with Crippen molar-refractivity contribution in [3.05, 3.63) is 42.5 Å². The molecule has 0 saturated heterocycles. The third kappa shape index (κ3) is 4.63. The second-order valence-corrected chi connectivity index (χ2v) is 5.52. The van der Waals surface area contributed by atoms with Gasteiger partial charge in [-0.3, -0.25) is 9.59 Å². The van der Waals surface area contributed by atoms with Crippen LogP contribution in [-0.4, -0.2) is 31.6 Å². The highest BCUT2D eigenvalue weighted by atomic mass is 16.6. The number of rotatable bonds is 5. The Morgan fingerprint density at radius 3 is 2.40 bits per heavy atom. The molecule has 0 unspecified atom stereocenters. The maximum Gasteiger partial charge on any atom is 0.243 e. The van der Waals surface area contributed by atoms with Gasteiger partial charge in [0.2, 0.25) is 11.8 Å². The van der Waals surface area contributed by atoms with Gasteiger partial charge in [-0.05, 0) is 30.3 Å². The fourth-order valence-electron chi connectivity index (χ4n) is 2.42. The van der Waals surface area contributed by atoms with E-state index in [0.717, 1.165) is 5.69 Å². The Bertz CT molecular complexity index is 792. The van der Waals surface area contributed by atoms with Gasteiger partial charge in [-0.1, -0.05) is 6.07 Å². The first-order valence-corrected chi connectivity index (χ1v) is 7.91. The van der Waals surface area contributed by atoms with Crippen LogP contribution in [0.25, 0.3) is 0 Å². The fraction of sp³-hybridized carbons (Fsp3) is 0.222. The van der Waals surface area contributed by atoms with Gasteiger partial charge in [-0.15, -0.1) is 0 Å². The van der Waals surface area contributed by atoms with Crippen molar-refractivity contribution in [3.8, 4) is 11.5 Å². The second-order valence-electron chi connectivity index (χ2n) is 5.52. The van der Waals surface area contributed by atoms with Crippen molar-refractivity contribution in [3.63, 3.8) is 0 Å². The Balaban J connectivity index is 1.55. The lowest BCUT2D eigenvalue weighted by Gasteiger charge is -2.19. The molecule has 130 valence electrons. The van der Waals surface area contributed by atoms with Crippen LogP contribution in [0.5, 0.6) is 11.5 Å². The number of benzene rings is 2. The number of amides is 2. The Labute approximate surface area is 145 Å². The lowest BCUT2D eigenvalue weighted by Crippen LogP contribution is -2.22. The highest BCUT2D eigenvalue weighted by Gasteiger charge is 2.12. The smallest absolute Gasteiger partial charge is 0.243 e. The van der Waals surface area contributed by atoms with E-state index in [9.17, 15) is 9.59 Å². The standard InChI is InChI=1S/C18H19N3O4/c1-12(22)20-14-3-2-4-15(9-14)21-18(23)11-19-13-5-6-16-17(10-13)25-8-7-24-16/h2-6,9-10,19H,7-8,11H2,1H3,(H,20,22)(H,21,23). The number of anilines is 3. The molecule has 0 bridgehead atoms. The van der Waals surface area contributed by atoms with Crippen LogP contribution in [0.15, 0.2) is 42.5 Å². The van der Waals surface area contributed by atoms with Crippen molar-refractivity contribution in [1.29, 1.82) is 0 Å². The zero-order valence-electron chi connectivity index (χ0n) is 13.8. The van der Waals surface area contributed by atoms with E-state index in [0.29, 0.717) is 36.1 Å². The summed E-state index contributed by atoms with van der Waals surface area (Å²) in [6.45, 7) is 2.59. The van der Waals surface area contributed by atoms with Gasteiger partial charge in [0.15, 0.2) is 11.5 Å². The minimum atomic E-state index is -0.199. The molecule has 7 nitrogen and oxygen atoms in total. The van der Waals surface area contributed by atoms with E-state index in [1.807, 2.05) is 12.1 Å². The summed E-state index contributed by atoms with van der Waals surface area (Å²) in [7, 11) is 0. The third-order valence-electron chi connectivity index (χ3n) is 3.46. The normalized spacial score (nSPS) is 12.2. The zero-order valence-corrected chi connectivity index (χ0v) is 13.8. The molecule has 1 heterocycles. The number of carbonyl (C=O) groups excluding carboxylic acids is 2. The molecule has 0 fully saturated rings. The quantitative estimate of drug-likeness (QED) is 0.777. The Hall–Kier alpha value is -3.22. The van der Waals surface area contributed by atoms with E-state index in [1.54, 1.807) is 30.3 Å². The molecule has 0 atom stereocenters. The maximum absolute atomic E-state index is 12.1. The molecule has 1 aliphatic rings. The molecule has 2 aromatic rings. The summed E-state index contributed by atoms with van der Waals surface area (Å²) in [5.41, 5.74) is 2.01. The SMILES string of the molecule is CC(=O)Nc1cccc(NC(=O)CNc2ccc3c(c2)OCCO3)c1. The lowest BCUT2D eigenvalue weighted by atomic mass is 10.2.